The molecule has 1 aliphatic rings. The third kappa shape index (κ3) is 4.62. The quantitative estimate of drug-likeness (QED) is 0.720. The summed E-state index contributed by atoms with van der Waals surface area (Å²) in [5.74, 6) is 1.50. The number of hydrogen-bond donors (Lipinski definition) is 1. The highest BCUT2D eigenvalue weighted by Gasteiger charge is 2.20. The Hall–Kier alpha value is -2.38. The maximum absolute atomic E-state index is 4.46. The molecule has 0 bridgehead atoms. The van der Waals surface area contributed by atoms with Gasteiger partial charge in [-0.2, -0.15) is 0 Å². The fraction of sp³-hybridized carbons (Fsp3) is 0.368. The monoisotopic (exact) mass is 366 g/mol. The molecule has 0 amide bonds. The number of thiazole rings is 1. The molecule has 1 N–H and O–H groups in total. The van der Waals surface area contributed by atoms with Crippen LogP contribution in [0.25, 0.3) is 0 Å². The van der Waals surface area contributed by atoms with Crippen LogP contribution in [0.1, 0.15) is 24.1 Å². The first-order valence-corrected chi connectivity index (χ1v) is 9.82. The summed E-state index contributed by atoms with van der Waals surface area (Å²) < 4.78 is 0. The van der Waals surface area contributed by atoms with E-state index in [0.29, 0.717) is 5.92 Å². The summed E-state index contributed by atoms with van der Waals surface area (Å²) in [5.41, 5.74) is 2.39. The van der Waals surface area contributed by atoms with E-state index in [9.17, 15) is 0 Å². The number of aromatic nitrogens is 4. The molecule has 1 fully saturated rings. The van der Waals surface area contributed by atoms with Crippen LogP contribution in [0.15, 0.2) is 48.5 Å². The molecule has 0 aliphatic carbocycles. The van der Waals surface area contributed by atoms with Gasteiger partial charge >= 0.3 is 0 Å². The average molecular weight is 366 g/mol. The van der Waals surface area contributed by atoms with Gasteiger partial charge in [-0.05, 0) is 49.9 Å². The molecule has 0 aromatic carbocycles. The molecule has 0 unspecified atom stereocenters. The van der Waals surface area contributed by atoms with E-state index in [2.05, 4.69) is 36.2 Å². The van der Waals surface area contributed by atoms with Crippen molar-refractivity contribution in [3.63, 3.8) is 0 Å². The molecule has 0 radical (unpaired) electrons. The van der Waals surface area contributed by atoms with E-state index in [1.807, 2.05) is 29.9 Å². The second kappa shape index (κ2) is 8.33. The Morgan fingerprint density at radius 1 is 1.15 bits per heavy atom. The first kappa shape index (κ1) is 17.1. The smallest absolute Gasteiger partial charge is 0.188 e. The van der Waals surface area contributed by atoms with Gasteiger partial charge in [0.2, 0.25) is 0 Å². The van der Waals surface area contributed by atoms with Crippen molar-refractivity contribution in [3.05, 3.63) is 59.8 Å². The maximum Gasteiger partial charge on any atom is 0.188 e. The molecular formula is C19H22N6S. The Bertz CT molecular complexity index is 800. The third-order valence-corrected chi connectivity index (χ3v) is 5.41. The number of anilines is 2. The number of nitrogens with one attached hydrogen (secondary N) is 1. The predicted octanol–water partition coefficient (Wildman–Crippen LogP) is 3.53. The van der Waals surface area contributed by atoms with Gasteiger partial charge in [0.15, 0.2) is 5.13 Å². The highest BCUT2D eigenvalue weighted by Crippen LogP contribution is 2.23. The Kier molecular flexibility index (Phi) is 5.47. The molecule has 6 nitrogen and oxygen atoms in total. The van der Waals surface area contributed by atoms with E-state index in [1.165, 1.54) is 18.4 Å². The van der Waals surface area contributed by atoms with Crippen molar-refractivity contribution < 1.29 is 0 Å². The first-order chi connectivity index (χ1) is 12.8. The van der Waals surface area contributed by atoms with Crippen molar-refractivity contribution in [2.24, 2.45) is 5.92 Å². The fourth-order valence-corrected chi connectivity index (χ4v) is 3.90. The highest BCUT2D eigenvalue weighted by molar-refractivity contribution is 7.13. The zero-order valence-corrected chi connectivity index (χ0v) is 15.4. The zero-order chi connectivity index (χ0) is 17.6. The number of likely N-dealkylation sites (tertiary alicyclic amines) is 1. The van der Waals surface area contributed by atoms with Gasteiger partial charge in [-0.1, -0.05) is 6.07 Å². The summed E-state index contributed by atoms with van der Waals surface area (Å²) in [6.45, 7) is 3.26. The Morgan fingerprint density at radius 2 is 2.08 bits per heavy atom. The average Bonchev–Trinajstić information content (AvgIpc) is 3.18. The molecule has 3 aromatic heterocycles. The summed E-state index contributed by atoms with van der Waals surface area (Å²) in [7, 11) is 0. The number of pyridine rings is 1. The second-order valence-corrected chi connectivity index (χ2v) is 7.54. The van der Waals surface area contributed by atoms with E-state index in [4.69, 9.17) is 0 Å². The lowest BCUT2D eigenvalue weighted by Crippen LogP contribution is -2.34. The van der Waals surface area contributed by atoms with Gasteiger partial charge in [0.1, 0.15) is 12.1 Å². The molecule has 4 rings (SSSR count). The molecule has 134 valence electrons. The number of nitrogens with zero attached hydrogens (tertiary/aromatic N) is 5. The van der Waals surface area contributed by atoms with Crippen LogP contribution in [-0.2, 0) is 13.0 Å². The van der Waals surface area contributed by atoms with Crippen molar-refractivity contribution in [2.45, 2.75) is 25.8 Å². The summed E-state index contributed by atoms with van der Waals surface area (Å²) in [4.78, 5) is 19.7. The Morgan fingerprint density at radius 3 is 2.85 bits per heavy atom. The van der Waals surface area contributed by atoms with Crippen LogP contribution in [0.5, 0.6) is 0 Å². The zero-order valence-electron chi connectivity index (χ0n) is 14.6. The van der Waals surface area contributed by atoms with Crippen molar-refractivity contribution in [1.29, 1.82) is 0 Å². The Labute approximate surface area is 157 Å². The molecule has 1 aliphatic heterocycles. The number of piperidine rings is 1. The largest absolute Gasteiger partial charge is 0.316 e. The van der Waals surface area contributed by atoms with Crippen LogP contribution in [-0.4, -0.2) is 37.9 Å². The van der Waals surface area contributed by atoms with Crippen molar-refractivity contribution in [3.8, 4) is 0 Å². The topological polar surface area (TPSA) is 66.8 Å². The van der Waals surface area contributed by atoms with Crippen LogP contribution < -0.4 is 5.32 Å². The van der Waals surface area contributed by atoms with E-state index < -0.39 is 0 Å². The van der Waals surface area contributed by atoms with Gasteiger partial charge in [0, 0.05) is 42.3 Å². The van der Waals surface area contributed by atoms with Crippen LogP contribution in [0, 0.1) is 5.92 Å². The van der Waals surface area contributed by atoms with Gasteiger partial charge in [-0.25, -0.2) is 15.0 Å². The standard InChI is InChI=1S/C19H22N6S/c1-2-16(12-20-5-1)13-25-7-3-15(4-8-25)10-17-11-18(23-14-22-17)24-19-21-6-9-26-19/h1-2,5-6,9,11-12,14-15H,3-4,7-8,10,13H2,(H,21,22,23,24). The summed E-state index contributed by atoms with van der Waals surface area (Å²) in [5, 5.41) is 6.05. The van der Waals surface area contributed by atoms with Crippen molar-refractivity contribution in [2.75, 3.05) is 18.4 Å². The van der Waals surface area contributed by atoms with Gasteiger partial charge < -0.3 is 5.32 Å². The number of rotatable bonds is 6. The lowest BCUT2D eigenvalue weighted by molar-refractivity contribution is 0.176. The first-order valence-electron chi connectivity index (χ1n) is 8.94. The third-order valence-electron chi connectivity index (χ3n) is 4.72. The predicted molar refractivity (Wildman–Crippen MR) is 103 cm³/mol. The molecule has 26 heavy (non-hydrogen) atoms. The van der Waals surface area contributed by atoms with E-state index in [-0.39, 0.29) is 0 Å². The molecule has 0 saturated carbocycles. The molecule has 0 atom stereocenters. The van der Waals surface area contributed by atoms with Gasteiger partial charge in [0.25, 0.3) is 0 Å². The van der Waals surface area contributed by atoms with Gasteiger partial charge in [-0.15, -0.1) is 11.3 Å². The van der Waals surface area contributed by atoms with Crippen LogP contribution in [0.2, 0.25) is 0 Å². The van der Waals surface area contributed by atoms with E-state index >= 15 is 0 Å². The fourth-order valence-electron chi connectivity index (χ4n) is 3.37. The molecule has 0 spiro atoms. The molecule has 1 saturated heterocycles. The lowest BCUT2D eigenvalue weighted by atomic mass is 9.92. The Balaban J connectivity index is 1.29. The molecular weight excluding hydrogens is 344 g/mol. The molecule has 4 heterocycles. The van der Waals surface area contributed by atoms with Gasteiger partial charge in [-0.3, -0.25) is 9.88 Å². The SMILES string of the molecule is c1cncc(CN2CCC(Cc3cc(Nc4nccs4)ncn3)CC2)c1. The normalized spacial score (nSPS) is 15.8. The van der Waals surface area contributed by atoms with Crippen molar-refractivity contribution in [1.82, 2.24) is 24.8 Å². The summed E-state index contributed by atoms with van der Waals surface area (Å²) in [6.07, 6.45) is 10.6. The van der Waals surface area contributed by atoms with E-state index in [1.54, 1.807) is 23.9 Å². The number of hydrogen-bond acceptors (Lipinski definition) is 7. The van der Waals surface area contributed by atoms with Crippen LogP contribution in [0.4, 0.5) is 10.9 Å². The summed E-state index contributed by atoms with van der Waals surface area (Å²) in [6, 6.07) is 6.20. The van der Waals surface area contributed by atoms with Crippen LogP contribution >= 0.6 is 11.3 Å². The second-order valence-electron chi connectivity index (χ2n) is 6.64. The maximum atomic E-state index is 4.46. The molecule has 3 aromatic rings. The minimum Gasteiger partial charge on any atom is -0.316 e. The molecule has 7 heteroatoms. The highest BCUT2D eigenvalue weighted by atomic mass is 32.1. The van der Waals surface area contributed by atoms with Gasteiger partial charge in [0.05, 0.1) is 0 Å². The van der Waals surface area contributed by atoms with E-state index in [0.717, 1.165) is 42.7 Å². The minimum atomic E-state index is 0.683. The lowest BCUT2D eigenvalue weighted by Gasteiger charge is -2.31. The van der Waals surface area contributed by atoms with Crippen LogP contribution in [0.3, 0.4) is 0 Å². The minimum absolute atomic E-state index is 0.683. The van der Waals surface area contributed by atoms with Crippen molar-refractivity contribution >= 4 is 22.3 Å². The summed E-state index contributed by atoms with van der Waals surface area (Å²) >= 11 is 1.57.